The van der Waals surface area contributed by atoms with Crippen molar-refractivity contribution in [3.05, 3.63) is 0 Å². The molecule has 0 spiro atoms. The van der Waals surface area contributed by atoms with Gasteiger partial charge in [0.2, 0.25) is 15.3 Å². The van der Waals surface area contributed by atoms with Gasteiger partial charge in [-0.2, -0.15) is 0 Å². The third-order valence-corrected chi connectivity index (χ3v) is 4.80. The average molecular weight is 260 g/mol. The molecule has 0 aromatic carbocycles. The SMILES string of the molecule is NS(=O)(=O)C1CC(C(=O)Cl)CCC1Cl. The summed E-state index contributed by atoms with van der Waals surface area (Å²) in [5.74, 6) is -0.435. The molecule has 4 nitrogen and oxygen atoms in total. The van der Waals surface area contributed by atoms with Crippen LogP contribution in [0.15, 0.2) is 0 Å². The molecule has 0 aromatic rings. The van der Waals surface area contributed by atoms with Crippen molar-refractivity contribution >= 4 is 38.5 Å². The van der Waals surface area contributed by atoms with Crippen LogP contribution in [0.3, 0.4) is 0 Å². The van der Waals surface area contributed by atoms with Gasteiger partial charge in [0.15, 0.2) is 0 Å². The standard InChI is InChI=1S/C7H11Cl2NO3S/c8-5-2-1-4(7(9)11)3-6(5)14(10,12)13/h4-6H,1-3H2,(H2,10,12,13). The van der Waals surface area contributed by atoms with Crippen molar-refractivity contribution in [2.45, 2.75) is 29.9 Å². The number of nitrogens with two attached hydrogens (primary N) is 1. The molecule has 0 radical (unpaired) electrons. The van der Waals surface area contributed by atoms with E-state index in [0.717, 1.165) is 0 Å². The molecule has 7 heteroatoms. The Balaban J connectivity index is 2.80. The van der Waals surface area contributed by atoms with E-state index in [1.807, 2.05) is 0 Å². The molecule has 0 amide bonds. The molecule has 1 aliphatic carbocycles. The normalized spacial score (nSPS) is 34.1. The molecule has 82 valence electrons. The van der Waals surface area contributed by atoms with Crippen LogP contribution in [0, 0.1) is 5.92 Å². The Bertz CT molecular complexity index is 330. The van der Waals surface area contributed by atoms with Crippen molar-refractivity contribution in [1.82, 2.24) is 0 Å². The average Bonchev–Trinajstić information content (AvgIpc) is 2.02. The Labute approximate surface area is 92.8 Å². The molecular formula is C7H11Cl2NO3S. The number of hydrogen-bond acceptors (Lipinski definition) is 3. The molecule has 1 fully saturated rings. The quantitative estimate of drug-likeness (QED) is 0.589. The van der Waals surface area contributed by atoms with Crippen LogP contribution in [-0.4, -0.2) is 24.3 Å². The van der Waals surface area contributed by atoms with E-state index in [0.29, 0.717) is 12.8 Å². The summed E-state index contributed by atoms with van der Waals surface area (Å²) in [6.07, 6.45) is 1.11. The summed E-state index contributed by atoms with van der Waals surface area (Å²) < 4.78 is 22.2. The van der Waals surface area contributed by atoms with Crippen molar-refractivity contribution in [1.29, 1.82) is 0 Å². The molecule has 0 heterocycles. The molecule has 0 saturated heterocycles. The van der Waals surface area contributed by atoms with Crippen LogP contribution < -0.4 is 5.14 Å². The van der Waals surface area contributed by atoms with Gasteiger partial charge in [0.05, 0.1) is 10.6 Å². The van der Waals surface area contributed by atoms with Gasteiger partial charge in [-0.1, -0.05) is 0 Å². The zero-order valence-corrected chi connectivity index (χ0v) is 9.65. The number of sulfonamides is 1. The first-order valence-electron chi connectivity index (χ1n) is 4.17. The molecule has 1 saturated carbocycles. The Morgan fingerprint density at radius 1 is 1.36 bits per heavy atom. The van der Waals surface area contributed by atoms with Gasteiger partial charge >= 0.3 is 0 Å². The van der Waals surface area contributed by atoms with E-state index in [1.54, 1.807) is 0 Å². The van der Waals surface area contributed by atoms with Gasteiger partial charge in [-0.25, -0.2) is 13.6 Å². The Hall–Kier alpha value is 0.160. The van der Waals surface area contributed by atoms with Crippen LogP contribution in [0.1, 0.15) is 19.3 Å². The molecule has 3 atom stereocenters. The lowest BCUT2D eigenvalue weighted by Crippen LogP contribution is -2.41. The van der Waals surface area contributed by atoms with Gasteiger partial charge in [-0.05, 0) is 30.9 Å². The fourth-order valence-corrected chi connectivity index (χ4v) is 3.54. The first-order chi connectivity index (χ1) is 6.32. The van der Waals surface area contributed by atoms with Gasteiger partial charge in [-0.15, -0.1) is 11.6 Å². The smallest absolute Gasteiger partial charge is 0.224 e. The monoisotopic (exact) mass is 259 g/mol. The largest absolute Gasteiger partial charge is 0.281 e. The highest BCUT2D eigenvalue weighted by Gasteiger charge is 2.38. The number of hydrogen-bond donors (Lipinski definition) is 1. The topological polar surface area (TPSA) is 77.2 Å². The second-order valence-corrected chi connectivity index (χ2v) is 6.17. The van der Waals surface area contributed by atoms with Gasteiger partial charge < -0.3 is 0 Å². The van der Waals surface area contributed by atoms with E-state index >= 15 is 0 Å². The number of halogens is 2. The van der Waals surface area contributed by atoms with E-state index in [-0.39, 0.29) is 6.42 Å². The number of carbonyl (C=O) groups is 1. The minimum Gasteiger partial charge on any atom is -0.281 e. The minimum atomic E-state index is -3.68. The summed E-state index contributed by atoms with van der Waals surface area (Å²) in [5, 5.41) is 3.11. The van der Waals surface area contributed by atoms with Crippen molar-refractivity contribution in [2.75, 3.05) is 0 Å². The molecule has 0 bridgehead atoms. The van der Waals surface area contributed by atoms with Crippen molar-refractivity contribution in [2.24, 2.45) is 11.1 Å². The fourth-order valence-electron chi connectivity index (χ4n) is 1.64. The van der Waals surface area contributed by atoms with Gasteiger partial charge in [-0.3, -0.25) is 4.79 Å². The Morgan fingerprint density at radius 2 is 1.93 bits per heavy atom. The lowest BCUT2D eigenvalue weighted by atomic mass is 9.89. The molecule has 0 aromatic heterocycles. The summed E-state index contributed by atoms with van der Waals surface area (Å²) in [7, 11) is -3.68. The molecule has 0 aliphatic heterocycles. The highest BCUT2D eigenvalue weighted by molar-refractivity contribution is 7.89. The third-order valence-electron chi connectivity index (χ3n) is 2.45. The second-order valence-electron chi connectivity index (χ2n) is 3.46. The summed E-state index contributed by atoms with van der Waals surface area (Å²) in [5.41, 5.74) is 0. The Kier molecular flexibility index (Phi) is 3.80. The Morgan fingerprint density at radius 3 is 2.36 bits per heavy atom. The summed E-state index contributed by atoms with van der Waals surface area (Å²) in [6.45, 7) is 0. The van der Waals surface area contributed by atoms with Crippen LogP contribution in [0.5, 0.6) is 0 Å². The van der Waals surface area contributed by atoms with E-state index < -0.39 is 31.8 Å². The molecule has 14 heavy (non-hydrogen) atoms. The number of alkyl halides is 1. The number of primary sulfonamides is 1. The van der Waals surface area contributed by atoms with Crippen LogP contribution >= 0.6 is 23.2 Å². The van der Waals surface area contributed by atoms with Crippen molar-refractivity contribution in [3.8, 4) is 0 Å². The van der Waals surface area contributed by atoms with Gasteiger partial charge in [0.25, 0.3) is 0 Å². The number of rotatable bonds is 2. The van der Waals surface area contributed by atoms with Crippen molar-refractivity contribution in [3.63, 3.8) is 0 Å². The van der Waals surface area contributed by atoms with E-state index in [2.05, 4.69) is 0 Å². The third kappa shape index (κ3) is 2.82. The van der Waals surface area contributed by atoms with Crippen molar-refractivity contribution < 1.29 is 13.2 Å². The van der Waals surface area contributed by atoms with Crippen LogP contribution in [0.4, 0.5) is 0 Å². The fraction of sp³-hybridized carbons (Fsp3) is 0.857. The zero-order valence-electron chi connectivity index (χ0n) is 7.32. The van der Waals surface area contributed by atoms with Gasteiger partial charge in [0, 0.05) is 5.92 Å². The molecule has 1 aliphatic rings. The summed E-state index contributed by atoms with van der Waals surface area (Å²) in [4.78, 5) is 10.9. The number of carbonyl (C=O) groups excluding carboxylic acids is 1. The predicted octanol–water partition coefficient (Wildman–Crippen LogP) is 0.816. The zero-order chi connectivity index (χ0) is 10.9. The second kappa shape index (κ2) is 4.35. The molecule has 3 unspecified atom stereocenters. The molecule has 1 rings (SSSR count). The molecule has 2 N–H and O–H groups in total. The lowest BCUT2D eigenvalue weighted by molar-refractivity contribution is -0.115. The highest BCUT2D eigenvalue weighted by Crippen LogP contribution is 2.32. The molecular weight excluding hydrogens is 249 g/mol. The maximum absolute atomic E-state index is 11.1. The maximum atomic E-state index is 11.1. The lowest BCUT2D eigenvalue weighted by Gasteiger charge is -2.29. The van der Waals surface area contributed by atoms with E-state index in [4.69, 9.17) is 28.3 Å². The first kappa shape index (κ1) is 12.2. The van der Waals surface area contributed by atoms with Crippen LogP contribution in [0.2, 0.25) is 0 Å². The van der Waals surface area contributed by atoms with E-state index in [1.165, 1.54) is 0 Å². The first-order valence-corrected chi connectivity index (χ1v) is 6.59. The maximum Gasteiger partial charge on any atom is 0.224 e. The summed E-state index contributed by atoms with van der Waals surface area (Å²) in [6, 6.07) is 0. The predicted molar refractivity (Wildman–Crippen MR) is 54.7 cm³/mol. The minimum absolute atomic E-state index is 0.134. The van der Waals surface area contributed by atoms with E-state index in [9.17, 15) is 13.2 Å². The highest BCUT2D eigenvalue weighted by atomic mass is 35.5. The van der Waals surface area contributed by atoms with Crippen LogP contribution in [-0.2, 0) is 14.8 Å². The van der Waals surface area contributed by atoms with Gasteiger partial charge in [0.1, 0.15) is 0 Å². The summed E-state index contributed by atoms with van der Waals surface area (Å²) >= 11 is 11.1. The van der Waals surface area contributed by atoms with Crippen LogP contribution in [0.25, 0.3) is 0 Å².